The summed E-state index contributed by atoms with van der Waals surface area (Å²) in [6.45, 7) is 9.63. The fourth-order valence-electron chi connectivity index (χ4n) is 3.86. The number of hydrogen-bond acceptors (Lipinski definition) is 2. The molecule has 0 amide bonds. The van der Waals surface area contributed by atoms with Crippen molar-refractivity contribution < 1.29 is 0 Å². The molecule has 2 heteroatoms. The lowest BCUT2D eigenvalue weighted by Gasteiger charge is -2.42. The van der Waals surface area contributed by atoms with Gasteiger partial charge in [-0.25, -0.2) is 0 Å². The van der Waals surface area contributed by atoms with Crippen molar-refractivity contribution in [3.8, 4) is 0 Å². The Labute approximate surface area is 107 Å². The molecule has 0 spiro atoms. The summed E-state index contributed by atoms with van der Waals surface area (Å²) < 4.78 is 0. The van der Waals surface area contributed by atoms with Crippen molar-refractivity contribution in [1.82, 2.24) is 10.2 Å². The summed E-state index contributed by atoms with van der Waals surface area (Å²) in [5.74, 6) is 0. The summed E-state index contributed by atoms with van der Waals surface area (Å²) in [5.41, 5.74) is 0.459. The third kappa shape index (κ3) is 3.03. The van der Waals surface area contributed by atoms with Crippen molar-refractivity contribution in [3.63, 3.8) is 0 Å². The van der Waals surface area contributed by atoms with Crippen LogP contribution >= 0.6 is 0 Å². The van der Waals surface area contributed by atoms with Gasteiger partial charge in [0.2, 0.25) is 0 Å². The number of nitrogens with zero attached hydrogens (tertiary/aromatic N) is 1. The van der Waals surface area contributed by atoms with Gasteiger partial charge in [0.05, 0.1) is 0 Å². The van der Waals surface area contributed by atoms with E-state index in [2.05, 4.69) is 31.0 Å². The van der Waals surface area contributed by atoms with Crippen LogP contribution < -0.4 is 5.32 Å². The van der Waals surface area contributed by atoms with E-state index in [0.717, 1.165) is 12.1 Å². The van der Waals surface area contributed by atoms with Crippen LogP contribution in [0.25, 0.3) is 0 Å². The Hall–Kier alpha value is -0.0800. The summed E-state index contributed by atoms with van der Waals surface area (Å²) in [6.07, 6.45) is 9.70. The summed E-state index contributed by atoms with van der Waals surface area (Å²) in [5, 5.41) is 3.84. The average molecular weight is 238 g/mol. The molecule has 0 aromatic carbocycles. The second-order valence-electron chi connectivity index (χ2n) is 6.35. The molecule has 0 aliphatic carbocycles. The van der Waals surface area contributed by atoms with Gasteiger partial charge in [-0.2, -0.15) is 0 Å². The first-order valence-electron chi connectivity index (χ1n) is 7.68. The van der Waals surface area contributed by atoms with Crippen LogP contribution in [0.15, 0.2) is 0 Å². The van der Waals surface area contributed by atoms with E-state index in [4.69, 9.17) is 0 Å². The lowest BCUT2D eigenvalue weighted by molar-refractivity contribution is 0.132. The zero-order valence-corrected chi connectivity index (χ0v) is 12.0. The van der Waals surface area contributed by atoms with E-state index in [1.54, 1.807) is 0 Å². The molecule has 0 saturated carbocycles. The van der Waals surface area contributed by atoms with Crippen molar-refractivity contribution in [2.75, 3.05) is 13.1 Å². The van der Waals surface area contributed by atoms with Crippen molar-refractivity contribution in [3.05, 3.63) is 0 Å². The van der Waals surface area contributed by atoms with E-state index in [1.165, 1.54) is 58.0 Å². The van der Waals surface area contributed by atoms with Crippen molar-refractivity contribution in [2.24, 2.45) is 0 Å². The Kier molecular flexibility index (Phi) is 4.48. The van der Waals surface area contributed by atoms with Crippen molar-refractivity contribution in [2.45, 2.75) is 83.3 Å². The van der Waals surface area contributed by atoms with Gasteiger partial charge in [0.15, 0.2) is 0 Å². The quantitative estimate of drug-likeness (QED) is 0.809. The van der Waals surface area contributed by atoms with E-state index in [9.17, 15) is 0 Å². The maximum Gasteiger partial charge on any atom is 0.0193 e. The molecule has 0 radical (unpaired) electrons. The molecule has 2 saturated heterocycles. The first-order valence-corrected chi connectivity index (χ1v) is 7.68. The molecule has 2 fully saturated rings. The molecule has 2 heterocycles. The molecule has 2 aliphatic heterocycles. The van der Waals surface area contributed by atoms with Gasteiger partial charge in [0, 0.05) is 17.6 Å². The zero-order chi connectivity index (χ0) is 12.3. The van der Waals surface area contributed by atoms with Crippen LogP contribution in [0.5, 0.6) is 0 Å². The van der Waals surface area contributed by atoms with Crippen molar-refractivity contribution in [1.29, 1.82) is 0 Å². The minimum atomic E-state index is 0.459. The van der Waals surface area contributed by atoms with E-state index in [0.29, 0.717) is 5.54 Å². The van der Waals surface area contributed by atoms with Gasteiger partial charge in [-0.3, -0.25) is 4.90 Å². The highest BCUT2D eigenvalue weighted by Gasteiger charge is 2.36. The molecule has 2 atom stereocenters. The van der Waals surface area contributed by atoms with E-state index < -0.39 is 0 Å². The molecule has 17 heavy (non-hydrogen) atoms. The highest BCUT2D eigenvalue weighted by atomic mass is 15.2. The molecule has 2 aliphatic rings. The molecule has 2 rings (SSSR count). The van der Waals surface area contributed by atoms with Crippen LogP contribution in [0.2, 0.25) is 0 Å². The third-order valence-corrected chi connectivity index (χ3v) is 4.97. The average Bonchev–Trinajstić information content (AvgIpc) is 2.78. The topological polar surface area (TPSA) is 15.3 Å². The standard InChI is InChI=1S/C15H30N2/c1-4-15(9-5-6-10-16-15)12-14-8-7-11-17(14)13(2)3/h13-14,16H,4-12H2,1-3H3. The van der Waals surface area contributed by atoms with Gasteiger partial charge in [-0.15, -0.1) is 0 Å². The Morgan fingerprint density at radius 1 is 1.29 bits per heavy atom. The smallest absolute Gasteiger partial charge is 0.0193 e. The largest absolute Gasteiger partial charge is 0.311 e. The van der Waals surface area contributed by atoms with Gasteiger partial charge in [-0.05, 0) is 65.5 Å². The fourth-order valence-corrected chi connectivity index (χ4v) is 3.86. The molecule has 2 nitrogen and oxygen atoms in total. The minimum Gasteiger partial charge on any atom is -0.311 e. The Balaban J connectivity index is 1.97. The van der Waals surface area contributed by atoms with Crippen LogP contribution in [-0.2, 0) is 0 Å². The highest BCUT2D eigenvalue weighted by molar-refractivity contribution is 4.96. The summed E-state index contributed by atoms with van der Waals surface area (Å²) in [6, 6.07) is 1.56. The Morgan fingerprint density at radius 3 is 2.71 bits per heavy atom. The van der Waals surface area contributed by atoms with Gasteiger partial charge in [0.1, 0.15) is 0 Å². The minimum absolute atomic E-state index is 0.459. The van der Waals surface area contributed by atoms with Gasteiger partial charge in [0.25, 0.3) is 0 Å². The molecule has 0 aromatic rings. The number of hydrogen-bond donors (Lipinski definition) is 1. The Morgan fingerprint density at radius 2 is 2.12 bits per heavy atom. The van der Waals surface area contributed by atoms with Gasteiger partial charge in [-0.1, -0.05) is 13.3 Å². The summed E-state index contributed by atoms with van der Waals surface area (Å²) in [7, 11) is 0. The predicted molar refractivity (Wildman–Crippen MR) is 74.4 cm³/mol. The second kappa shape index (κ2) is 5.71. The number of nitrogens with one attached hydrogen (secondary N) is 1. The maximum absolute atomic E-state index is 3.84. The first-order chi connectivity index (χ1) is 8.17. The molecular weight excluding hydrogens is 208 g/mol. The Bertz CT molecular complexity index is 231. The van der Waals surface area contributed by atoms with Crippen LogP contribution in [0, 0.1) is 0 Å². The van der Waals surface area contributed by atoms with Crippen molar-refractivity contribution >= 4 is 0 Å². The first kappa shape index (κ1) is 13.4. The number of likely N-dealkylation sites (tertiary alicyclic amines) is 1. The second-order valence-corrected chi connectivity index (χ2v) is 6.35. The number of rotatable bonds is 4. The van der Waals surface area contributed by atoms with E-state index in [-0.39, 0.29) is 0 Å². The predicted octanol–water partition coefficient (Wildman–Crippen LogP) is 3.17. The normalized spacial score (nSPS) is 35.6. The van der Waals surface area contributed by atoms with Crippen LogP contribution in [0.1, 0.15) is 65.7 Å². The number of piperidine rings is 1. The van der Waals surface area contributed by atoms with Gasteiger partial charge < -0.3 is 5.32 Å². The summed E-state index contributed by atoms with van der Waals surface area (Å²) in [4.78, 5) is 2.73. The SMILES string of the molecule is CCC1(CC2CCCN2C(C)C)CCCCN1. The molecular formula is C15H30N2. The van der Waals surface area contributed by atoms with E-state index >= 15 is 0 Å². The maximum atomic E-state index is 3.84. The van der Waals surface area contributed by atoms with Crippen LogP contribution in [0.3, 0.4) is 0 Å². The van der Waals surface area contributed by atoms with Crippen LogP contribution in [0.4, 0.5) is 0 Å². The monoisotopic (exact) mass is 238 g/mol. The molecule has 2 unspecified atom stereocenters. The van der Waals surface area contributed by atoms with E-state index in [1.807, 2.05) is 0 Å². The third-order valence-electron chi connectivity index (χ3n) is 4.97. The molecule has 0 aromatic heterocycles. The lowest BCUT2D eigenvalue weighted by atomic mass is 9.80. The molecule has 0 bridgehead atoms. The zero-order valence-electron chi connectivity index (χ0n) is 12.0. The van der Waals surface area contributed by atoms with Gasteiger partial charge >= 0.3 is 0 Å². The summed E-state index contributed by atoms with van der Waals surface area (Å²) >= 11 is 0. The molecule has 1 N–H and O–H groups in total. The fraction of sp³-hybridized carbons (Fsp3) is 1.00. The van der Waals surface area contributed by atoms with Crippen LogP contribution in [-0.4, -0.2) is 35.6 Å². The lowest BCUT2D eigenvalue weighted by Crippen LogP contribution is -2.52. The highest BCUT2D eigenvalue weighted by Crippen LogP contribution is 2.33. The molecule has 100 valence electrons.